The summed E-state index contributed by atoms with van der Waals surface area (Å²) in [7, 11) is 0. The third-order valence-corrected chi connectivity index (χ3v) is 2.77. The molecule has 1 unspecified atom stereocenters. The smallest absolute Gasteiger partial charge is 0.258 e. The Morgan fingerprint density at radius 1 is 1.73 bits per heavy atom. The summed E-state index contributed by atoms with van der Waals surface area (Å²) < 4.78 is 0. The summed E-state index contributed by atoms with van der Waals surface area (Å²) in [5, 5.41) is 3.55. The summed E-state index contributed by atoms with van der Waals surface area (Å²) in [5.74, 6) is -0.419. The van der Waals surface area contributed by atoms with E-state index in [1.807, 2.05) is 13.0 Å². The molecule has 1 heterocycles. The van der Waals surface area contributed by atoms with E-state index in [0.717, 1.165) is 4.88 Å². The fourth-order valence-corrected chi connectivity index (χ4v) is 2.02. The molecule has 0 fully saturated rings. The van der Waals surface area contributed by atoms with E-state index in [4.69, 9.17) is 11.3 Å². The van der Waals surface area contributed by atoms with Gasteiger partial charge in [0, 0.05) is 15.8 Å². The minimum absolute atomic E-state index is 0. The normalized spacial score (nSPS) is 11.0. The van der Waals surface area contributed by atoms with Crippen molar-refractivity contribution in [2.24, 2.45) is 10.8 Å². The van der Waals surface area contributed by atoms with Crippen molar-refractivity contribution in [3.8, 4) is 0 Å². The van der Waals surface area contributed by atoms with Crippen LogP contribution in [0.15, 0.2) is 17.2 Å². The highest BCUT2D eigenvalue weighted by Gasteiger charge is 2.07. The molecule has 6 nitrogen and oxygen atoms in total. The molecule has 0 saturated heterocycles. The molecule has 0 bridgehead atoms. The van der Waals surface area contributed by atoms with Crippen LogP contribution in [0.5, 0.6) is 0 Å². The van der Waals surface area contributed by atoms with Crippen LogP contribution in [0.25, 0.3) is 10.4 Å². The van der Waals surface area contributed by atoms with Crippen molar-refractivity contribution in [1.82, 2.24) is 6.15 Å². The number of amides is 1. The zero-order valence-electron chi connectivity index (χ0n) is 8.38. The molecule has 0 aliphatic rings. The van der Waals surface area contributed by atoms with Gasteiger partial charge in [-0.05, 0) is 24.1 Å². The summed E-state index contributed by atoms with van der Waals surface area (Å²) in [6.45, 7) is 1.82. The molecule has 1 amide bonds. The maximum absolute atomic E-state index is 10.8. The highest BCUT2D eigenvalue weighted by molar-refractivity contribution is 7.14. The lowest BCUT2D eigenvalue weighted by molar-refractivity contribution is 0.100. The Morgan fingerprint density at radius 2 is 2.40 bits per heavy atom. The molecule has 7 heteroatoms. The first-order valence-electron chi connectivity index (χ1n) is 4.06. The molecule has 5 N–H and O–H groups in total. The molecule has 0 aliphatic carbocycles. The summed E-state index contributed by atoms with van der Waals surface area (Å²) in [5.41, 5.74) is 13.3. The average molecular weight is 227 g/mol. The number of hydrogen-bond acceptors (Lipinski definition) is 4. The molecule has 0 aromatic carbocycles. The Labute approximate surface area is 91.3 Å². The third-order valence-electron chi connectivity index (χ3n) is 1.65. The van der Waals surface area contributed by atoms with Crippen LogP contribution in [0.1, 0.15) is 21.5 Å². The molecular weight excluding hydrogens is 214 g/mol. The van der Waals surface area contributed by atoms with Crippen molar-refractivity contribution in [2.45, 2.75) is 19.4 Å². The standard InChI is InChI=1S/C8H10N4OS.H3N/c1-5(11-12-10)4-6-2-3-7(14-6)8(9)13;/h2-3,5H,4H2,1H3,(H2,9,13);1H3. The highest BCUT2D eigenvalue weighted by atomic mass is 32.1. The Kier molecular flexibility index (Phi) is 5.40. The molecular formula is C8H13N5OS. The molecule has 0 aliphatic heterocycles. The molecule has 1 rings (SSSR count). The van der Waals surface area contributed by atoms with Crippen molar-refractivity contribution >= 4 is 17.2 Å². The van der Waals surface area contributed by atoms with Crippen LogP contribution in [0.2, 0.25) is 0 Å². The van der Waals surface area contributed by atoms with Crippen LogP contribution in [0.4, 0.5) is 0 Å². The molecule has 1 aromatic heterocycles. The summed E-state index contributed by atoms with van der Waals surface area (Å²) in [6.07, 6.45) is 0.641. The van der Waals surface area contributed by atoms with Gasteiger partial charge in [0.25, 0.3) is 5.91 Å². The van der Waals surface area contributed by atoms with E-state index in [1.54, 1.807) is 6.07 Å². The van der Waals surface area contributed by atoms with E-state index in [2.05, 4.69) is 10.0 Å². The number of thiophene rings is 1. The van der Waals surface area contributed by atoms with Gasteiger partial charge < -0.3 is 11.9 Å². The fourth-order valence-electron chi connectivity index (χ4n) is 1.04. The molecule has 1 atom stereocenters. The van der Waals surface area contributed by atoms with Gasteiger partial charge in [0.15, 0.2) is 0 Å². The second kappa shape index (κ2) is 6.02. The van der Waals surface area contributed by atoms with E-state index in [-0.39, 0.29) is 12.2 Å². The van der Waals surface area contributed by atoms with Gasteiger partial charge >= 0.3 is 0 Å². The van der Waals surface area contributed by atoms with Gasteiger partial charge in [0.1, 0.15) is 0 Å². The van der Waals surface area contributed by atoms with Crippen LogP contribution in [0, 0.1) is 0 Å². The van der Waals surface area contributed by atoms with Crippen molar-refractivity contribution in [1.29, 1.82) is 0 Å². The lowest BCUT2D eigenvalue weighted by Crippen LogP contribution is -2.08. The lowest BCUT2D eigenvalue weighted by Gasteiger charge is -1.99. The van der Waals surface area contributed by atoms with Crippen molar-refractivity contribution < 1.29 is 4.79 Å². The van der Waals surface area contributed by atoms with E-state index >= 15 is 0 Å². The van der Waals surface area contributed by atoms with Gasteiger partial charge in [-0.3, -0.25) is 4.79 Å². The van der Waals surface area contributed by atoms with Crippen LogP contribution in [-0.4, -0.2) is 11.9 Å². The minimum Gasteiger partial charge on any atom is -0.365 e. The molecule has 0 saturated carbocycles. The first kappa shape index (κ1) is 13.4. The maximum atomic E-state index is 10.8. The number of azide groups is 1. The summed E-state index contributed by atoms with van der Waals surface area (Å²) >= 11 is 1.34. The fraction of sp³-hybridized carbons (Fsp3) is 0.375. The monoisotopic (exact) mass is 227 g/mol. The lowest BCUT2D eigenvalue weighted by atomic mass is 10.2. The van der Waals surface area contributed by atoms with Gasteiger partial charge in [-0.25, -0.2) is 0 Å². The number of rotatable bonds is 4. The van der Waals surface area contributed by atoms with Gasteiger partial charge in [-0.1, -0.05) is 12.0 Å². The Morgan fingerprint density at radius 3 is 2.87 bits per heavy atom. The van der Waals surface area contributed by atoms with Crippen LogP contribution < -0.4 is 11.9 Å². The number of hydrogen-bond donors (Lipinski definition) is 2. The third kappa shape index (κ3) is 3.99. The van der Waals surface area contributed by atoms with Crippen LogP contribution in [0.3, 0.4) is 0 Å². The molecule has 1 aromatic rings. The van der Waals surface area contributed by atoms with Crippen molar-refractivity contribution in [3.63, 3.8) is 0 Å². The van der Waals surface area contributed by atoms with Crippen LogP contribution in [-0.2, 0) is 6.42 Å². The zero-order valence-corrected chi connectivity index (χ0v) is 9.20. The van der Waals surface area contributed by atoms with Crippen LogP contribution >= 0.6 is 11.3 Å². The van der Waals surface area contributed by atoms with E-state index < -0.39 is 5.91 Å². The SMILES string of the molecule is CC(Cc1ccc(C(N)=O)s1)N=[N+]=[N-].N. The number of carbonyl (C=O) groups is 1. The van der Waals surface area contributed by atoms with Crippen molar-refractivity contribution in [3.05, 3.63) is 32.3 Å². The molecule has 0 radical (unpaired) electrons. The van der Waals surface area contributed by atoms with Gasteiger partial charge in [-0.2, -0.15) is 0 Å². The van der Waals surface area contributed by atoms with Gasteiger partial charge in [0.2, 0.25) is 0 Å². The van der Waals surface area contributed by atoms with Crippen molar-refractivity contribution in [2.75, 3.05) is 0 Å². The molecule has 0 spiro atoms. The Hall–Kier alpha value is -1.56. The average Bonchev–Trinajstić information content (AvgIpc) is 2.53. The topological polar surface area (TPSA) is 127 Å². The quantitative estimate of drug-likeness (QED) is 0.464. The molecule has 82 valence electrons. The van der Waals surface area contributed by atoms with E-state index in [1.165, 1.54) is 11.3 Å². The Bertz CT molecular complexity index is 382. The maximum Gasteiger partial charge on any atom is 0.258 e. The predicted molar refractivity (Wildman–Crippen MR) is 60.2 cm³/mol. The number of nitrogens with two attached hydrogens (primary N) is 1. The number of carbonyl (C=O) groups excluding carboxylic acids is 1. The number of primary amides is 1. The molecule has 15 heavy (non-hydrogen) atoms. The zero-order chi connectivity index (χ0) is 10.6. The highest BCUT2D eigenvalue weighted by Crippen LogP contribution is 2.18. The Balaban J connectivity index is 0.00000196. The predicted octanol–water partition coefficient (Wildman–Crippen LogP) is 2.25. The second-order valence-electron chi connectivity index (χ2n) is 2.89. The second-order valence-corrected chi connectivity index (χ2v) is 4.06. The summed E-state index contributed by atoms with van der Waals surface area (Å²) in [4.78, 5) is 15.0. The van der Waals surface area contributed by atoms with Gasteiger partial charge in [-0.15, -0.1) is 11.3 Å². The summed E-state index contributed by atoms with van der Waals surface area (Å²) in [6, 6.07) is 3.42. The van der Waals surface area contributed by atoms with E-state index in [9.17, 15) is 4.79 Å². The first-order valence-corrected chi connectivity index (χ1v) is 4.88. The first-order chi connectivity index (χ1) is 6.63. The largest absolute Gasteiger partial charge is 0.365 e. The number of nitrogens with zero attached hydrogens (tertiary/aromatic N) is 3. The van der Waals surface area contributed by atoms with Gasteiger partial charge in [0.05, 0.1) is 4.88 Å². The van der Waals surface area contributed by atoms with E-state index in [0.29, 0.717) is 11.3 Å². The minimum atomic E-state index is -0.419.